The number of amides is 3. The lowest BCUT2D eigenvalue weighted by Crippen LogP contribution is -2.48. The Balaban J connectivity index is 2.03. The Morgan fingerprint density at radius 3 is 2.42 bits per heavy atom. The van der Waals surface area contributed by atoms with Crippen LogP contribution in [0.3, 0.4) is 0 Å². The monoisotopic (exact) mass is 349 g/mol. The summed E-state index contributed by atoms with van der Waals surface area (Å²) >= 11 is 1.58. The molecule has 1 aromatic carbocycles. The van der Waals surface area contributed by atoms with Gasteiger partial charge in [0, 0.05) is 16.9 Å². The normalized spacial score (nSPS) is 17.6. The Kier molecular flexibility index (Phi) is 5.54. The van der Waals surface area contributed by atoms with Crippen LogP contribution in [0.4, 0.5) is 5.69 Å². The number of nitrogens with zero attached hydrogens (tertiary/aromatic N) is 1. The molecule has 6 nitrogen and oxygen atoms in total. The van der Waals surface area contributed by atoms with E-state index in [0.717, 1.165) is 5.56 Å². The molecule has 1 fully saturated rings. The summed E-state index contributed by atoms with van der Waals surface area (Å²) in [7, 11) is 0. The van der Waals surface area contributed by atoms with E-state index in [9.17, 15) is 14.4 Å². The van der Waals surface area contributed by atoms with Crippen LogP contribution in [0.15, 0.2) is 24.3 Å². The second-order valence-corrected chi connectivity index (χ2v) is 7.87. The van der Waals surface area contributed by atoms with Crippen molar-refractivity contribution in [3.8, 4) is 0 Å². The van der Waals surface area contributed by atoms with E-state index in [1.54, 1.807) is 40.9 Å². The van der Waals surface area contributed by atoms with Crippen LogP contribution in [0, 0.1) is 5.41 Å². The SMILES string of the molecule is CC(C)(C)C(=O)N1CSCC1C(=O)Nc1ccc(CC(N)=O)cc1. The number of primary amides is 1. The van der Waals surface area contributed by atoms with E-state index >= 15 is 0 Å². The number of benzene rings is 1. The third kappa shape index (κ3) is 4.50. The van der Waals surface area contributed by atoms with E-state index in [2.05, 4.69) is 5.32 Å². The second kappa shape index (κ2) is 7.25. The van der Waals surface area contributed by atoms with E-state index in [-0.39, 0.29) is 18.2 Å². The highest BCUT2D eigenvalue weighted by molar-refractivity contribution is 7.99. The smallest absolute Gasteiger partial charge is 0.248 e. The van der Waals surface area contributed by atoms with Gasteiger partial charge in [0.1, 0.15) is 6.04 Å². The summed E-state index contributed by atoms with van der Waals surface area (Å²) in [5, 5.41) is 2.84. The van der Waals surface area contributed by atoms with Crippen molar-refractivity contribution in [1.29, 1.82) is 0 Å². The van der Waals surface area contributed by atoms with Crippen molar-refractivity contribution in [2.24, 2.45) is 11.1 Å². The quantitative estimate of drug-likeness (QED) is 0.863. The Morgan fingerprint density at radius 1 is 1.25 bits per heavy atom. The van der Waals surface area contributed by atoms with Crippen molar-refractivity contribution >= 4 is 35.2 Å². The van der Waals surface area contributed by atoms with Gasteiger partial charge in [0.15, 0.2) is 0 Å². The van der Waals surface area contributed by atoms with Gasteiger partial charge in [-0.1, -0.05) is 32.9 Å². The van der Waals surface area contributed by atoms with E-state index < -0.39 is 17.4 Å². The van der Waals surface area contributed by atoms with Crippen molar-refractivity contribution in [3.63, 3.8) is 0 Å². The van der Waals surface area contributed by atoms with Gasteiger partial charge in [-0.3, -0.25) is 14.4 Å². The lowest BCUT2D eigenvalue weighted by molar-refractivity contribution is -0.143. The fourth-order valence-electron chi connectivity index (χ4n) is 2.42. The van der Waals surface area contributed by atoms with Crippen molar-refractivity contribution in [1.82, 2.24) is 4.90 Å². The molecular weight excluding hydrogens is 326 g/mol. The first kappa shape index (κ1) is 18.3. The molecule has 3 amide bonds. The molecule has 1 heterocycles. The molecule has 1 aliphatic heterocycles. The maximum atomic E-state index is 12.5. The average molecular weight is 349 g/mol. The highest BCUT2D eigenvalue weighted by atomic mass is 32.2. The number of hydrogen-bond acceptors (Lipinski definition) is 4. The van der Waals surface area contributed by atoms with Crippen molar-refractivity contribution in [3.05, 3.63) is 29.8 Å². The Bertz CT molecular complexity index is 637. The number of thioether (sulfide) groups is 1. The summed E-state index contributed by atoms with van der Waals surface area (Å²) in [6, 6.07) is 6.50. The number of rotatable bonds is 4. The molecule has 0 saturated carbocycles. The standard InChI is InChI=1S/C17H23N3O3S/c1-17(2,3)16(23)20-10-24-9-13(20)15(22)19-12-6-4-11(5-7-12)8-14(18)21/h4-7,13H,8-10H2,1-3H3,(H2,18,21)(H,19,22). The zero-order valence-electron chi connectivity index (χ0n) is 14.2. The molecule has 0 aromatic heterocycles. The molecule has 7 heteroatoms. The molecule has 3 N–H and O–H groups in total. The predicted molar refractivity (Wildman–Crippen MR) is 95.4 cm³/mol. The highest BCUT2D eigenvalue weighted by Gasteiger charge is 2.38. The first-order valence-corrected chi connectivity index (χ1v) is 8.91. The van der Waals surface area contributed by atoms with E-state index in [0.29, 0.717) is 17.3 Å². The molecule has 1 saturated heterocycles. The number of nitrogens with two attached hydrogens (primary N) is 1. The van der Waals surface area contributed by atoms with E-state index in [4.69, 9.17) is 5.73 Å². The number of nitrogens with one attached hydrogen (secondary N) is 1. The molecule has 0 aliphatic carbocycles. The summed E-state index contributed by atoms with van der Waals surface area (Å²) in [5.41, 5.74) is 6.07. The lowest BCUT2D eigenvalue weighted by atomic mass is 9.94. The zero-order valence-corrected chi connectivity index (χ0v) is 15.0. The average Bonchev–Trinajstić information content (AvgIpc) is 2.96. The maximum absolute atomic E-state index is 12.5. The Labute approximate surface area is 146 Å². The number of carbonyl (C=O) groups is 3. The Morgan fingerprint density at radius 2 is 1.88 bits per heavy atom. The minimum absolute atomic E-state index is 0.0237. The van der Waals surface area contributed by atoms with Crippen LogP contribution < -0.4 is 11.1 Å². The molecular formula is C17H23N3O3S. The zero-order chi connectivity index (χ0) is 17.9. The molecule has 1 atom stereocenters. The van der Waals surface area contributed by atoms with Crippen molar-refractivity contribution in [2.75, 3.05) is 16.9 Å². The summed E-state index contributed by atoms with van der Waals surface area (Å²) in [5.74, 6) is 0.509. The molecule has 2 rings (SSSR count). The fourth-order valence-corrected chi connectivity index (χ4v) is 3.58. The van der Waals surface area contributed by atoms with Crippen molar-refractivity contribution < 1.29 is 14.4 Å². The first-order chi connectivity index (χ1) is 11.2. The van der Waals surface area contributed by atoms with Crippen LogP contribution >= 0.6 is 11.8 Å². The molecule has 130 valence electrons. The van der Waals surface area contributed by atoms with E-state index in [1.807, 2.05) is 20.8 Å². The number of anilines is 1. The van der Waals surface area contributed by atoms with Gasteiger partial charge in [-0.15, -0.1) is 11.8 Å². The second-order valence-electron chi connectivity index (χ2n) is 6.87. The van der Waals surface area contributed by atoms with Gasteiger partial charge in [0.2, 0.25) is 17.7 Å². The minimum atomic E-state index is -0.514. The van der Waals surface area contributed by atoms with Gasteiger partial charge in [-0.25, -0.2) is 0 Å². The first-order valence-electron chi connectivity index (χ1n) is 7.75. The van der Waals surface area contributed by atoms with E-state index in [1.165, 1.54) is 0 Å². The van der Waals surface area contributed by atoms with Gasteiger partial charge < -0.3 is 16.0 Å². The third-order valence-corrected chi connectivity index (χ3v) is 4.70. The summed E-state index contributed by atoms with van der Waals surface area (Å²) in [6.45, 7) is 5.56. The lowest BCUT2D eigenvalue weighted by Gasteiger charge is -2.29. The van der Waals surface area contributed by atoms with Gasteiger partial charge >= 0.3 is 0 Å². The van der Waals surface area contributed by atoms with Gasteiger partial charge in [0.05, 0.1) is 12.3 Å². The van der Waals surface area contributed by atoms with Crippen LogP contribution in [-0.4, -0.2) is 40.3 Å². The summed E-state index contributed by atoms with van der Waals surface area (Å²) in [4.78, 5) is 37.5. The van der Waals surface area contributed by atoms with Crippen molar-refractivity contribution in [2.45, 2.75) is 33.2 Å². The molecule has 1 unspecified atom stereocenters. The van der Waals surface area contributed by atoms with Crippen LogP contribution in [0.1, 0.15) is 26.3 Å². The van der Waals surface area contributed by atoms with Gasteiger partial charge in [-0.2, -0.15) is 0 Å². The molecule has 1 aliphatic rings. The van der Waals surface area contributed by atoms with Crippen LogP contribution in [0.25, 0.3) is 0 Å². The molecule has 0 bridgehead atoms. The topological polar surface area (TPSA) is 92.5 Å². The number of hydrogen-bond donors (Lipinski definition) is 2. The van der Waals surface area contributed by atoms with Crippen LogP contribution in [0.2, 0.25) is 0 Å². The highest BCUT2D eigenvalue weighted by Crippen LogP contribution is 2.28. The van der Waals surface area contributed by atoms with Crippen LogP contribution in [-0.2, 0) is 20.8 Å². The molecule has 0 radical (unpaired) electrons. The third-order valence-electron chi connectivity index (χ3n) is 3.69. The Hall–Kier alpha value is -2.02. The maximum Gasteiger partial charge on any atom is 0.248 e. The largest absolute Gasteiger partial charge is 0.369 e. The summed E-state index contributed by atoms with van der Waals surface area (Å²) < 4.78 is 0. The van der Waals surface area contributed by atoms with Gasteiger partial charge in [0.25, 0.3) is 0 Å². The molecule has 0 spiro atoms. The number of carbonyl (C=O) groups excluding carboxylic acids is 3. The van der Waals surface area contributed by atoms with Gasteiger partial charge in [-0.05, 0) is 17.7 Å². The minimum Gasteiger partial charge on any atom is -0.369 e. The predicted octanol–water partition coefficient (Wildman–Crippen LogP) is 1.60. The van der Waals surface area contributed by atoms with Crippen LogP contribution in [0.5, 0.6) is 0 Å². The fraction of sp³-hybridized carbons (Fsp3) is 0.471. The molecule has 1 aromatic rings. The molecule has 24 heavy (non-hydrogen) atoms. The summed E-state index contributed by atoms with van der Waals surface area (Å²) in [6.07, 6.45) is 0.168.